The molecule has 0 fully saturated rings. The third-order valence-corrected chi connectivity index (χ3v) is 7.48. The van der Waals surface area contributed by atoms with Crippen LogP contribution in [0.3, 0.4) is 0 Å². The van der Waals surface area contributed by atoms with Gasteiger partial charge in [0.1, 0.15) is 4.75 Å². The van der Waals surface area contributed by atoms with Gasteiger partial charge in [0.15, 0.2) is 0 Å². The number of rotatable bonds is 15. The number of unbranched alkanes of at least 4 members (excludes halogenated alkanes) is 2. The van der Waals surface area contributed by atoms with E-state index in [2.05, 4.69) is 13.8 Å². The van der Waals surface area contributed by atoms with Crippen molar-refractivity contribution in [2.45, 2.75) is 78.4 Å². The Kier molecular flexibility index (Phi) is 13.1. The molecule has 0 aromatic heterocycles. The monoisotopic (exact) mass is 380 g/mol. The molecule has 0 rings (SSSR count). The van der Waals surface area contributed by atoms with Crippen LogP contribution in [-0.2, 0) is 22.5 Å². The molecule has 0 saturated heterocycles. The van der Waals surface area contributed by atoms with E-state index >= 15 is 0 Å². The van der Waals surface area contributed by atoms with Crippen LogP contribution in [0.1, 0.15) is 73.6 Å². The second kappa shape index (κ2) is 13.2. The van der Waals surface area contributed by atoms with E-state index in [0.717, 1.165) is 37.9 Å². The Bertz CT molecular complexity index is 326. The zero-order chi connectivity index (χ0) is 18.5. The van der Waals surface area contributed by atoms with Crippen LogP contribution >= 0.6 is 11.8 Å². The highest BCUT2D eigenvalue weighted by molar-refractivity contribution is 8.01. The van der Waals surface area contributed by atoms with E-state index in [9.17, 15) is 4.79 Å². The largest absolute Gasteiger partial charge is 0.751 e. The van der Waals surface area contributed by atoms with Crippen LogP contribution in [0, 0.1) is 0 Å². The molecule has 0 aliphatic heterocycles. The molecule has 1 atom stereocenters. The lowest BCUT2D eigenvalue weighted by Crippen LogP contribution is -2.53. The van der Waals surface area contributed by atoms with Crippen molar-refractivity contribution < 1.29 is 22.5 Å². The summed E-state index contributed by atoms with van der Waals surface area (Å²) in [6, 6.07) is 0. The summed E-state index contributed by atoms with van der Waals surface area (Å²) >= 11 is 1.66. The van der Waals surface area contributed by atoms with Crippen LogP contribution in [0.15, 0.2) is 0 Å². The van der Waals surface area contributed by atoms with Crippen molar-refractivity contribution in [2.75, 3.05) is 25.6 Å². The average molecular weight is 381 g/mol. The molecule has 0 aromatic rings. The number of hydrogen-bond donors (Lipinski definition) is 0. The smallest absolute Gasteiger partial charge is 0.451 e. The van der Waals surface area contributed by atoms with Gasteiger partial charge in [0.2, 0.25) is 0 Å². The molecule has 0 amide bonds. The quantitative estimate of drug-likeness (QED) is 0.307. The summed E-state index contributed by atoms with van der Waals surface area (Å²) in [6.07, 6.45) is 5.05. The van der Waals surface area contributed by atoms with Crippen molar-refractivity contribution in [3.8, 4) is 0 Å². The van der Waals surface area contributed by atoms with Crippen molar-refractivity contribution in [1.82, 2.24) is 0 Å². The number of hydrogen-bond acceptors (Lipinski definition) is 6. The highest BCUT2D eigenvalue weighted by Crippen LogP contribution is 2.34. The summed E-state index contributed by atoms with van der Waals surface area (Å²) in [5.41, 5.74) is 0. The zero-order valence-electron chi connectivity index (χ0n) is 16.3. The summed E-state index contributed by atoms with van der Waals surface area (Å²) < 4.78 is 22.1. The van der Waals surface area contributed by atoms with Crippen molar-refractivity contribution in [2.24, 2.45) is 0 Å². The number of carbonyl (C=O) groups excluding carboxylic acids is 1. The van der Waals surface area contributed by atoms with Crippen LogP contribution in [0.25, 0.3) is 0 Å². The predicted octanol–water partition coefficient (Wildman–Crippen LogP) is 4.56. The van der Waals surface area contributed by atoms with Gasteiger partial charge in [0.25, 0.3) is 0 Å². The Morgan fingerprint density at radius 3 is 1.88 bits per heavy atom. The standard InChI is InChI=1S/C17H36O5SSi/c1-7-12-13-14-17(6,23-15-8-2)16(18)22-24(19-9-3,20-10-4)21-11-5/h7-15H2,1-6H3. The second-order valence-corrected chi connectivity index (χ2v) is 9.39. The Labute approximate surface area is 153 Å². The van der Waals surface area contributed by atoms with Gasteiger partial charge < -0.3 is 17.7 Å². The minimum atomic E-state index is -3.42. The van der Waals surface area contributed by atoms with E-state index in [1.807, 2.05) is 27.7 Å². The lowest BCUT2D eigenvalue weighted by Gasteiger charge is -2.32. The molecule has 1 unspecified atom stereocenters. The van der Waals surface area contributed by atoms with Gasteiger partial charge in [-0.2, -0.15) is 0 Å². The number of carbonyl (C=O) groups is 1. The maximum atomic E-state index is 13.0. The first-order valence-corrected chi connectivity index (χ1v) is 11.8. The molecule has 0 aliphatic carbocycles. The molecule has 0 N–H and O–H groups in total. The average Bonchev–Trinajstić information content (AvgIpc) is 2.54. The first-order chi connectivity index (χ1) is 11.4. The Balaban J connectivity index is 5.18. The minimum absolute atomic E-state index is 0.279. The topological polar surface area (TPSA) is 54.0 Å². The summed E-state index contributed by atoms with van der Waals surface area (Å²) in [6.45, 7) is 12.9. The Morgan fingerprint density at radius 1 is 0.917 bits per heavy atom. The van der Waals surface area contributed by atoms with Gasteiger partial charge in [-0.05, 0) is 46.3 Å². The SMILES string of the molecule is CCCCCC(C)(SCCC)C(=O)O[Si](OCC)(OCC)OCC. The molecule has 5 nitrogen and oxygen atoms in total. The summed E-state index contributed by atoms with van der Waals surface area (Å²) in [4.78, 5) is 13.0. The van der Waals surface area contributed by atoms with E-state index in [1.54, 1.807) is 11.8 Å². The third kappa shape index (κ3) is 8.34. The van der Waals surface area contributed by atoms with Crippen LogP contribution in [0.2, 0.25) is 0 Å². The van der Waals surface area contributed by atoms with Crippen molar-refractivity contribution >= 4 is 26.8 Å². The third-order valence-electron chi connectivity index (χ3n) is 3.49. The molecule has 0 saturated carbocycles. The molecule has 0 bridgehead atoms. The minimum Gasteiger partial charge on any atom is -0.451 e. The molecule has 0 radical (unpaired) electrons. The summed E-state index contributed by atoms with van der Waals surface area (Å²) in [5.74, 6) is 0.642. The van der Waals surface area contributed by atoms with Gasteiger partial charge in [0.05, 0.1) is 0 Å². The zero-order valence-corrected chi connectivity index (χ0v) is 18.1. The van der Waals surface area contributed by atoms with Crippen LogP contribution < -0.4 is 0 Å². The highest BCUT2D eigenvalue weighted by Gasteiger charge is 2.52. The van der Waals surface area contributed by atoms with Crippen molar-refractivity contribution in [1.29, 1.82) is 0 Å². The second-order valence-electron chi connectivity index (χ2n) is 5.72. The highest BCUT2D eigenvalue weighted by atomic mass is 32.2. The first kappa shape index (κ1) is 23.9. The van der Waals surface area contributed by atoms with Gasteiger partial charge in [0, 0.05) is 19.8 Å². The molecule has 0 heterocycles. The fraction of sp³-hybridized carbons (Fsp3) is 0.941. The van der Waals surface area contributed by atoms with E-state index in [0.29, 0.717) is 19.8 Å². The van der Waals surface area contributed by atoms with Gasteiger partial charge in [-0.1, -0.05) is 33.1 Å². The normalized spacial score (nSPS) is 14.4. The van der Waals surface area contributed by atoms with Crippen LogP contribution in [0.5, 0.6) is 0 Å². The fourth-order valence-electron chi connectivity index (χ4n) is 2.24. The van der Waals surface area contributed by atoms with E-state index in [-0.39, 0.29) is 5.97 Å². The van der Waals surface area contributed by atoms with Gasteiger partial charge in [-0.25, -0.2) is 0 Å². The van der Waals surface area contributed by atoms with Crippen LogP contribution in [0.4, 0.5) is 0 Å². The molecule has 7 heteroatoms. The van der Waals surface area contributed by atoms with Gasteiger partial charge >= 0.3 is 15.0 Å². The Morgan fingerprint density at radius 2 is 1.46 bits per heavy atom. The molecule has 24 heavy (non-hydrogen) atoms. The fourth-order valence-corrected chi connectivity index (χ4v) is 5.35. The predicted molar refractivity (Wildman–Crippen MR) is 102 cm³/mol. The maximum absolute atomic E-state index is 13.0. The summed E-state index contributed by atoms with van der Waals surface area (Å²) in [5, 5.41) is 0. The Hall–Kier alpha value is -0.0831. The van der Waals surface area contributed by atoms with Gasteiger partial charge in [-0.3, -0.25) is 4.79 Å². The van der Waals surface area contributed by atoms with E-state index in [4.69, 9.17) is 17.7 Å². The molecule has 144 valence electrons. The van der Waals surface area contributed by atoms with E-state index < -0.39 is 13.8 Å². The lowest BCUT2D eigenvalue weighted by molar-refractivity contribution is -0.147. The lowest BCUT2D eigenvalue weighted by atomic mass is 10.0. The molecule has 0 aliphatic rings. The number of thioether (sulfide) groups is 1. The molecular weight excluding hydrogens is 344 g/mol. The maximum Gasteiger partial charge on any atom is 0.751 e. The molecule has 0 spiro atoms. The van der Waals surface area contributed by atoms with E-state index in [1.165, 1.54) is 0 Å². The van der Waals surface area contributed by atoms with Gasteiger partial charge in [-0.15, -0.1) is 11.8 Å². The van der Waals surface area contributed by atoms with Crippen molar-refractivity contribution in [3.05, 3.63) is 0 Å². The first-order valence-electron chi connectivity index (χ1n) is 9.22. The van der Waals surface area contributed by atoms with Crippen LogP contribution in [-0.4, -0.2) is 45.3 Å². The molecular formula is C17H36O5SSi. The molecule has 0 aromatic carbocycles. The summed E-state index contributed by atoms with van der Waals surface area (Å²) in [7, 11) is -3.42. The van der Waals surface area contributed by atoms with Crippen molar-refractivity contribution in [3.63, 3.8) is 0 Å².